The number of rotatable bonds is 5. The lowest BCUT2D eigenvalue weighted by Gasteiger charge is -2.27. The van der Waals surface area contributed by atoms with E-state index in [1.54, 1.807) is 0 Å². The Morgan fingerprint density at radius 1 is 1.37 bits per heavy atom. The van der Waals surface area contributed by atoms with Gasteiger partial charge >= 0.3 is 0 Å². The van der Waals surface area contributed by atoms with E-state index in [0.29, 0.717) is 6.54 Å². The lowest BCUT2D eigenvalue weighted by molar-refractivity contribution is 0.242. The van der Waals surface area contributed by atoms with Crippen LogP contribution in [0.4, 0.5) is 0 Å². The number of benzene rings is 1. The van der Waals surface area contributed by atoms with Crippen molar-refractivity contribution < 1.29 is 0 Å². The quantitative estimate of drug-likeness (QED) is 0.912. The van der Waals surface area contributed by atoms with Crippen LogP contribution in [-0.4, -0.2) is 28.3 Å². The van der Waals surface area contributed by atoms with Gasteiger partial charge in [0, 0.05) is 43.0 Å². The summed E-state index contributed by atoms with van der Waals surface area (Å²) in [7, 11) is 3.99. The minimum Gasteiger partial charge on any atom is -0.329 e. The van der Waals surface area contributed by atoms with Crippen molar-refractivity contribution in [1.82, 2.24) is 14.7 Å². The zero-order valence-corrected chi connectivity index (χ0v) is 12.0. The third kappa shape index (κ3) is 3.56. The van der Waals surface area contributed by atoms with Gasteiger partial charge in [-0.05, 0) is 24.7 Å². The van der Waals surface area contributed by atoms with Crippen LogP contribution in [0.2, 0.25) is 5.02 Å². The van der Waals surface area contributed by atoms with Crippen molar-refractivity contribution in [3.8, 4) is 0 Å². The van der Waals surface area contributed by atoms with Crippen LogP contribution in [0.25, 0.3) is 0 Å². The number of nitrogens with zero attached hydrogens (tertiary/aromatic N) is 3. The number of aromatic nitrogens is 2. The summed E-state index contributed by atoms with van der Waals surface area (Å²) in [6, 6.07) is 8.03. The molecule has 0 amide bonds. The van der Waals surface area contributed by atoms with Gasteiger partial charge in [-0.1, -0.05) is 23.7 Å². The van der Waals surface area contributed by atoms with Crippen molar-refractivity contribution in [3.05, 3.63) is 52.8 Å². The molecule has 1 aromatic heterocycles. The summed E-state index contributed by atoms with van der Waals surface area (Å²) in [6.07, 6.45) is 3.90. The maximum Gasteiger partial charge on any atom is 0.0534 e. The summed E-state index contributed by atoms with van der Waals surface area (Å²) in [5, 5.41) is 4.93. The maximum atomic E-state index is 5.92. The van der Waals surface area contributed by atoms with E-state index in [1.165, 1.54) is 11.1 Å². The van der Waals surface area contributed by atoms with Crippen molar-refractivity contribution >= 4 is 11.6 Å². The Balaban J connectivity index is 2.10. The van der Waals surface area contributed by atoms with Crippen molar-refractivity contribution in [1.29, 1.82) is 0 Å². The highest BCUT2D eigenvalue weighted by atomic mass is 35.5. The van der Waals surface area contributed by atoms with E-state index in [9.17, 15) is 0 Å². The van der Waals surface area contributed by atoms with E-state index < -0.39 is 0 Å². The van der Waals surface area contributed by atoms with Gasteiger partial charge in [-0.25, -0.2) is 0 Å². The smallest absolute Gasteiger partial charge is 0.0534 e. The van der Waals surface area contributed by atoms with Crippen molar-refractivity contribution in [2.24, 2.45) is 12.8 Å². The second-order valence-electron chi connectivity index (χ2n) is 4.74. The summed E-state index contributed by atoms with van der Waals surface area (Å²) in [5.41, 5.74) is 8.26. The Morgan fingerprint density at radius 3 is 2.58 bits per heavy atom. The van der Waals surface area contributed by atoms with Crippen molar-refractivity contribution in [2.75, 3.05) is 13.6 Å². The number of hydrogen-bond acceptors (Lipinski definition) is 3. The Morgan fingerprint density at radius 2 is 2.05 bits per heavy atom. The average Bonchev–Trinajstić information content (AvgIpc) is 2.78. The highest BCUT2D eigenvalue weighted by Gasteiger charge is 2.16. The van der Waals surface area contributed by atoms with Gasteiger partial charge in [0.2, 0.25) is 0 Å². The van der Waals surface area contributed by atoms with Gasteiger partial charge in [-0.3, -0.25) is 9.58 Å². The molecule has 0 spiro atoms. The molecule has 0 saturated heterocycles. The number of aryl methyl sites for hydroxylation is 1. The normalized spacial score (nSPS) is 12.9. The minimum atomic E-state index is 0.178. The van der Waals surface area contributed by atoms with Gasteiger partial charge < -0.3 is 5.73 Å². The van der Waals surface area contributed by atoms with Gasteiger partial charge in [0.05, 0.1) is 6.20 Å². The average molecular weight is 279 g/mol. The molecule has 2 aromatic rings. The molecule has 1 aromatic carbocycles. The first kappa shape index (κ1) is 14.1. The van der Waals surface area contributed by atoms with Crippen LogP contribution in [0.5, 0.6) is 0 Å². The molecule has 0 aliphatic rings. The monoisotopic (exact) mass is 278 g/mol. The molecule has 102 valence electrons. The first-order chi connectivity index (χ1) is 9.10. The highest BCUT2D eigenvalue weighted by molar-refractivity contribution is 6.30. The van der Waals surface area contributed by atoms with E-state index in [2.05, 4.69) is 17.0 Å². The molecule has 1 unspecified atom stereocenters. The van der Waals surface area contributed by atoms with E-state index in [0.717, 1.165) is 11.6 Å². The summed E-state index contributed by atoms with van der Waals surface area (Å²) in [6.45, 7) is 1.39. The standard InChI is InChI=1S/C14H19ClN4/c1-18(9-11-8-17-19(2)10-11)14(7-16)12-3-5-13(15)6-4-12/h3-6,8,10,14H,7,9,16H2,1-2H3. The van der Waals surface area contributed by atoms with Gasteiger partial charge in [-0.15, -0.1) is 0 Å². The Hall–Kier alpha value is -1.36. The van der Waals surface area contributed by atoms with E-state index in [4.69, 9.17) is 17.3 Å². The predicted octanol–water partition coefficient (Wildman–Crippen LogP) is 2.21. The number of nitrogens with two attached hydrogens (primary N) is 1. The zero-order chi connectivity index (χ0) is 13.8. The van der Waals surface area contributed by atoms with Crippen LogP contribution in [-0.2, 0) is 13.6 Å². The Kier molecular flexibility index (Phi) is 4.58. The molecule has 2 rings (SSSR count). The molecule has 1 heterocycles. The molecule has 0 radical (unpaired) electrons. The molecule has 1 atom stereocenters. The fourth-order valence-corrected chi connectivity index (χ4v) is 2.33. The third-order valence-corrected chi connectivity index (χ3v) is 3.45. The van der Waals surface area contributed by atoms with Crippen molar-refractivity contribution in [3.63, 3.8) is 0 Å². The second kappa shape index (κ2) is 6.19. The van der Waals surface area contributed by atoms with Crippen LogP contribution < -0.4 is 5.73 Å². The molecule has 0 aliphatic carbocycles. The number of halogens is 1. The molecule has 0 saturated carbocycles. The third-order valence-electron chi connectivity index (χ3n) is 3.20. The van der Waals surface area contributed by atoms with Crippen LogP contribution in [0, 0.1) is 0 Å². The second-order valence-corrected chi connectivity index (χ2v) is 5.18. The predicted molar refractivity (Wildman–Crippen MR) is 77.9 cm³/mol. The van der Waals surface area contributed by atoms with Crippen molar-refractivity contribution in [2.45, 2.75) is 12.6 Å². The molecule has 0 bridgehead atoms. The molecule has 2 N–H and O–H groups in total. The van der Waals surface area contributed by atoms with Crippen LogP contribution >= 0.6 is 11.6 Å². The van der Waals surface area contributed by atoms with Gasteiger partial charge in [-0.2, -0.15) is 5.10 Å². The maximum absolute atomic E-state index is 5.92. The lowest BCUT2D eigenvalue weighted by Crippen LogP contribution is -2.30. The lowest BCUT2D eigenvalue weighted by atomic mass is 10.1. The molecule has 5 heteroatoms. The highest BCUT2D eigenvalue weighted by Crippen LogP contribution is 2.21. The Bertz CT molecular complexity index is 520. The van der Waals surface area contributed by atoms with Gasteiger partial charge in [0.15, 0.2) is 0 Å². The fourth-order valence-electron chi connectivity index (χ4n) is 2.21. The molecule has 4 nitrogen and oxygen atoms in total. The summed E-state index contributed by atoms with van der Waals surface area (Å²) >= 11 is 5.92. The fraction of sp³-hybridized carbons (Fsp3) is 0.357. The molecular formula is C14H19ClN4. The summed E-state index contributed by atoms with van der Waals surface area (Å²) in [4.78, 5) is 2.22. The van der Waals surface area contributed by atoms with Gasteiger partial charge in [0.25, 0.3) is 0 Å². The molecular weight excluding hydrogens is 260 g/mol. The first-order valence-electron chi connectivity index (χ1n) is 6.23. The minimum absolute atomic E-state index is 0.178. The first-order valence-corrected chi connectivity index (χ1v) is 6.61. The van der Waals surface area contributed by atoms with E-state index in [-0.39, 0.29) is 6.04 Å². The Labute approximate surface area is 118 Å². The van der Waals surface area contributed by atoms with Gasteiger partial charge in [0.1, 0.15) is 0 Å². The largest absolute Gasteiger partial charge is 0.329 e. The van der Waals surface area contributed by atoms with Crippen LogP contribution in [0.15, 0.2) is 36.7 Å². The molecule has 0 fully saturated rings. The topological polar surface area (TPSA) is 47.1 Å². The summed E-state index contributed by atoms with van der Waals surface area (Å²) in [5.74, 6) is 0. The van der Waals surface area contributed by atoms with E-state index >= 15 is 0 Å². The zero-order valence-electron chi connectivity index (χ0n) is 11.3. The molecule has 19 heavy (non-hydrogen) atoms. The van der Waals surface area contributed by atoms with Crippen LogP contribution in [0.3, 0.4) is 0 Å². The van der Waals surface area contributed by atoms with Crippen LogP contribution in [0.1, 0.15) is 17.2 Å². The number of hydrogen-bond donors (Lipinski definition) is 1. The van der Waals surface area contributed by atoms with E-state index in [1.807, 2.05) is 48.4 Å². The summed E-state index contributed by atoms with van der Waals surface area (Å²) < 4.78 is 1.81. The molecule has 0 aliphatic heterocycles. The SMILES string of the molecule is CN(Cc1cnn(C)c1)C(CN)c1ccc(Cl)cc1. The number of likely N-dealkylation sites (N-methyl/N-ethyl adjacent to an activating group) is 1.